The van der Waals surface area contributed by atoms with E-state index in [4.69, 9.17) is 9.84 Å². The van der Waals surface area contributed by atoms with Gasteiger partial charge in [-0.2, -0.15) is 0 Å². The van der Waals surface area contributed by atoms with Crippen molar-refractivity contribution in [2.24, 2.45) is 0 Å². The van der Waals surface area contributed by atoms with Crippen molar-refractivity contribution in [3.8, 4) is 11.1 Å². The molecule has 7 heteroatoms. The summed E-state index contributed by atoms with van der Waals surface area (Å²) in [5.41, 5.74) is 5.53. The standard InChI is InChI=1S/C28H28N2O5/c1-3-25(26(31)30(2)16-18-12-14-19(15-13-18)27(32)33)29-28(34)35-17-24-22-10-6-4-8-20(22)21-9-5-7-11-23(21)24/h4-15,24-25H,3,16-17H2,1-2H3,(H,29,34)(H,32,33). The molecule has 1 atom stereocenters. The van der Waals surface area contributed by atoms with Crippen LogP contribution in [0.5, 0.6) is 0 Å². The average Bonchev–Trinajstić information content (AvgIpc) is 3.19. The summed E-state index contributed by atoms with van der Waals surface area (Å²) < 4.78 is 5.58. The molecule has 0 bridgehead atoms. The molecule has 0 saturated heterocycles. The number of aromatic carboxylic acids is 1. The fourth-order valence-corrected chi connectivity index (χ4v) is 4.49. The third-order valence-electron chi connectivity index (χ3n) is 6.34. The number of benzene rings is 3. The zero-order chi connectivity index (χ0) is 24.9. The molecule has 0 aromatic heterocycles. The first-order valence-electron chi connectivity index (χ1n) is 11.6. The number of carboxylic acids is 1. The Morgan fingerprint density at radius 3 is 2.06 bits per heavy atom. The summed E-state index contributed by atoms with van der Waals surface area (Å²) in [7, 11) is 1.65. The summed E-state index contributed by atoms with van der Waals surface area (Å²) in [5, 5.41) is 11.7. The lowest BCUT2D eigenvalue weighted by atomic mass is 9.98. The van der Waals surface area contributed by atoms with Crippen LogP contribution in [0.1, 0.15) is 46.3 Å². The molecular formula is C28H28N2O5. The molecular weight excluding hydrogens is 444 g/mol. The topological polar surface area (TPSA) is 95.9 Å². The number of carbonyl (C=O) groups is 3. The highest BCUT2D eigenvalue weighted by Gasteiger charge is 2.30. The molecule has 4 rings (SSSR count). The van der Waals surface area contributed by atoms with Crippen LogP contribution in [-0.2, 0) is 16.1 Å². The normalized spacial score (nSPS) is 12.9. The van der Waals surface area contributed by atoms with Crippen LogP contribution in [0.15, 0.2) is 72.8 Å². The van der Waals surface area contributed by atoms with Crippen molar-refractivity contribution in [2.45, 2.75) is 31.8 Å². The fraction of sp³-hybridized carbons (Fsp3) is 0.250. The van der Waals surface area contributed by atoms with Crippen molar-refractivity contribution in [3.05, 3.63) is 95.1 Å². The van der Waals surface area contributed by atoms with Gasteiger partial charge in [0.1, 0.15) is 12.6 Å². The Balaban J connectivity index is 1.35. The van der Waals surface area contributed by atoms with Crippen LogP contribution in [0.3, 0.4) is 0 Å². The SMILES string of the molecule is CCC(NC(=O)OCC1c2ccccc2-c2ccccc21)C(=O)N(C)Cc1ccc(C(=O)O)cc1. The van der Waals surface area contributed by atoms with E-state index in [1.165, 1.54) is 17.0 Å². The van der Waals surface area contributed by atoms with Gasteiger partial charge in [-0.15, -0.1) is 0 Å². The molecule has 0 saturated carbocycles. The zero-order valence-corrected chi connectivity index (χ0v) is 19.7. The van der Waals surface area contributed by atoms with Crippen LogP contribution < -0.4 is 5.32 Å². The van der Waals surface area contributed by atoms with Crippen LogP contribution in [0.2, 0.25) is 0 Å². The van der Waals surface area contributed by atoms with Crippen LogP contribution in [0.4, 0.5) is 4.79 Å². The van der Waals surface area contributed by atoms with E-state index in [0.29, 0.717) is 13.0 Å². The van der Waals surface area contributed by atoms with E-state index in [1.807, 2.05) is 31.2 Å². The summed E-state index contributed by atoms with van der Waals surface area (Å²) in [6.07, 6.45) is -0.225. The van der Waals surface area contributed by atoms with Crippen molar-refractivity contribution in [1.29, 1.82) is 0 Å². The van der Waals surface area contributed by atoms with Crippen molar-refractivity contribution < 1.29 is 24.2 Å². The van der Waals surface area contributed by atoms with E-state index < -0.39 is 18.1 Å². The van der Waals surface area contributed by atoms with Crippen molar-refractivity contribution >= 4 is 18.0 Å². The number of hydrogen-bond donors (Lipinski definition) is 2. The number of alkyl carbamates (subject to hydrolysis) is 1. The first-order valence-corrected chi connectivity index (χ1v) is 11.6. The summed E-state index contributed by atoms with van der Waals surface area (Å²) in [6, 6.07) is 21.8. The molecule has 2 N–H and O–H groups in total. The van der Waals surface area contributed by atoms with E-state index in [0.717, 1.165) is 27.8 Å². The lowest BCUT2D eigenvalue weighted by molar-refractivity contribution is -0.132. The molecule has 0 spiro atoms. The van der Waals surface area contributed by atoms with Crippen molar-refractivity contribution in [3.63, 3.8) is 0 Å². The van der Waals surface area contributed by atoms with Crippen LogP contribution in [0.25, 0.3) is 11.1 Å². The highest BCUT2D eigenvalue weighted by atomic mass is 16.5. The van der Waals surface area contributed by atoms with Gasteiger partial charge in [-0.1, -0.05) is 67.6 Å². The second kappa shape index (κ2) is 10.4. The van der Waals surface area contributed by atoms with Crippen molar-refractivity contribution in [2.75, 3.05) is 13.7 Å². The number of hydrogen-bond acceptors (Lipinski definition) is 4. The van der Waals surface area contributed by atoms with E-state index in [2.05, 4.69) is 29.6 Å². The van der Waals surface area contributed by atoms with Gasteiger partial charge in [0.25, 0.3) is 0 Å². The number of carbonyl (C=O) groups excluding carboxylic acids is 2. The van der Waals surface area contributed by atoms with Gasteiger partial charge in [-0.05, 0) is 46.4 Å². The molecule has 2 amide bonds. The number of fused-ring (bicyclic) bond motifs is 3. The number of carboxylic acid groups (broad SMARTS) is 1. The Hall–Kier alpha value is -4.13. The molecule has 3 aromatic rings. The van der Waals surface area contributed by atoms with Gasteiger partial charge in [0, 0.05) is 19.5 Å². The van der Waals surface area contributed by atoms with Gasteiger partial charge in [0.05, 0.1) is 5.56 Å². The van der Waals surface area contributed by atoms with Gasteiger partial charge in [0.2, 0.25) is 5.91 Å². The highest BCUT2D eigenvalue weighted by Crippen LogP contribution is 2.44. The number of amides is 2. The summed E-state index contributed by atoms with van der Waals surface area (Å²) >= 11 is 0. The first-order chi connectivity index (χ1) is 16.9. The lowest BCUT2D eigenvalue weighted by Crippen LogP contribution is -2.47. The Morgan fingerprint density at radius 1 is 0.943 bits per heavy atom. The van der Waals surface area contributed by atoms with Crippen LogP contribution in [-0.4, -0.2) is 47.7 Å². The second-order valence-electron chi connectivity index (χ2n) is 8.63. The number of ether oxygens (including phenoxy) is 1. The molecule has 0 heterocycles. The first kappa shape index (κ1) is 24.0. The Labute approximate surface area is 204 Å². The number of rotatable bonds is 8. The molecule has 0 radical (unpaired) electrons. The van der Waals surface area contributed by atoms with Gasteiger partial charge >= 0.3 is 12.1 Å². The maximum Gasteiger partial charge on any atom is 0.407 e. The van der Waals surface area contributed by atoms with E-state index in [-0.39, 0.29) is 24.0 Å². The van der Waals surface area contributed by atoms with E-state index >= 15 is 0 Å². The third-order valence-corrected chi connectivity index (χ3v) is 6.34. The minimum absolute atomic E-state index is 0.0552. The molecule has 1 aliphatic carbocycles. The lowest BCUT2D eigenvalue weighted by Gasteiger charge is -2.24. The van der Waals surface area contributed by atoms with E-state index in [9.17, 15) is 14.4 Å². The highest BCUT2D eigenvalue weighted by molar-refractivity contribution is 5.88. The molecule has 180 valence electrons. The van der Waals surface area contributed by atoms with Crippen LogP contribution in [0, 0.1) is 0 Å². The predicted octanol–water partition coefficient (Wildman–Crippen LogP) is 4.66. The number of nitrogens with zero attached hydrogens (tertiary/aromatic N) is 1. The quantitative estimate of drug-likeness (QED) is 0.497. The molecule has 1 unspecified atom stereocenters. The molecule has 1 aliphatic rings. The largest absolute Gasteiger partial charge is 0.478 e. The average molecular weight is 473 g/mol. The van der Waals surface area contributed by atoms with E-state index in [1.54, 1.807) is 19.2 Å². The Bertz CT molecular complexity index is 1190. The third kappa shape index (κ3) is 5.19. The number of nitrogens with one attached hydrogen (secondary N) is 1. The monoisotopic (exact) mass is 472 g/mol. The molecule has 3 aromatic carbocycles. The molecule has 35 heavy (non-hydrogen) atoms. The maximum absolute atomic E-state index is 12.9. The Morgan fingerprint density at radius 2 is 1.51 bits per heavy atom. The maximum atomic E-state index is 12.9. The second-order valence-corrected chi connectivity index (χ2v) is 8.63. The van der Waals surface area contributed by atoms with Crippen molar-refractivity contribution in [1.82, 2.24) is 10.2 Å². The van der Waals surface area contributed by atoms with Gasteiger partial charge in [0.15, 0.2) is 0 Å². The van der Waals surface area contributed by atoms with Gasteiger partial charge < -0.3 is 20.1 Å². The summed E-state index contributed by atoms with van der Waals surface area (Å²) in [6.45, 7) is 2.29. The molecule has 7 nitrogen and oxygen atoms in total. The van der Waals surface area contributed by atoms with Gasteiger partial charge in [-0.3, -0.25) is 4.79 Å². The minimum atomic E-state index is -1.00. The summed E-state index contributed by atoms with van der Waals surface area (Å²) in [5.74, 6) is -1.30. The fourth-order valence-electron chi connectivity index (χ4n) is 4.49. The Kier molecular flexibility index (Phi) is 7.15. The smallest absolute Gasteiger partial charge is 0.407 e. The minimum Gasteiger partial charge on any atom is -0.478 e. The zero-order valence-electron chi connectivity index (χ0n) is 19.7. The summed E-state index contributed by atoms with van der Waals surface area (Å²) in [4.78, 5) is 38.1. The van der Waals surface area contributed by atoms with Crippen LogP contribution >= 0.6 is 0 Å². The number of likely N-dealkylation sites (N-methyl/N-ethyl adjacent to an activating group) is 1. The predicted molar refractivity (Wildman–Crippen MR) is 132 cm³/mol. The van der Waals surface area contributed by atoms with Gasteiger partial charge in [-0.25, -0.2) is 9.59 Å². The molecule has 0 aliphatic heterocycles. The molecule has 0 fully saturated rings.